The number of hydrogen-bond donors (Lipinski definition) is 3. The van der Waals surface area contributed by atoms with Gasteiger partial charge in [0.15, 0.2) is 0 Å². The van der Waals surface area contributed by atoms with Gasteiger partial charge in [-0.1, -0.05) is 31.5 Å². The maximum atomic E-state index is 11.7. The van der Waals surface area contributed by atoms with E-state index >= 15 is 0 Å². The fraction of sp³-hybridized carbons (Fsp3) is 0.375. The van der Waals surface area contributed by atoms with Crippen molar-refractivity contribution < 1.29 is 14.7 Å². The Kier molecular flexibility index (Phi) is 4.98. The highest BCUT2D eigenvalue weighted by molar-refractivity contribution is 5.86. The van der Waals surface area contributed by atoms with Crippen LogP contribution in [0.5, 0.6) is 0 Å². The maximum Gasteiger partial charge on any atom is 0.326 e. The van der Waals surface area contributed by atoms with Crippen LogP contribution in [0.2, 0.25) is 0 Å². The number of carboxylic acids is 1. The smallest absolute Gasteiger partial charge is 0.326 e. The van der Waals surface area contributed by atoms with Gasteiger partial charge in [-0.25, -0.2) is 4.79 Å². The second kappa shape index (κ2) is 6.92. The first kappa shape index (κ1) is 15.1. The predicted octanol–water partition coefficient (Wildman–Crippen LogP) is 2.47. The molecule has 1 unspecified atom stereocenters. The third-order valence-corrected chi connectivity index (χ3v) is 3.49. The SMILES string of the molecule is CCCCC(=O)NC(Cc1c[nH]c2ccccc12)C(=O)O. The van der Waals surface area contributed by atoms with Crippen molar-refractivity contribution in [2.24, 2.45) is 0 Å². The normalized spacial score (nSPS) is 12.2. The zero-order valence-corrected chi connectivity index (χ0v) is 12.1. The number of carboxylic acid groups (broad SMARTS) is 1. The summed E-state index contributed by atoms with van der Waals surface area (Å²) in [6.07, 6.45) is 4.13. The van der Waals surface area contributed by atoms with E-state index in [2.05, 4.69) is 10.3 Å². The van der Waals surface area contributed by atoms with Gasteiger partial charge in [-0.15, -0.1) is 0 Å². The van der Waals surface area contributed by atoms with E-state index < -0.39 is 12.0 Å². The molecule has 0 spiro atoms. The summed E-state index contributed by atoms with van der Waals surface area (Å²) >= 11 is 0. The molecule has 0 bridgehead atoms. The van der Waals surface area contributed by atoms with Gasteiger partial charge in [0.25, 0.3) is 0 Å². The average Bonchev–Trinajstić information content (AvgIpc) is 2.87. The third kappa shape index (κ3) is 3.84. The third-order valence-electron chi connectivity index (χ3n) is 3.49. The molecule has 0 aliphatic rings. The van der Waals surface area contributed by atoms with Crippen LogP contribution in [0.3, 0.4) is 0 Å². The number of carbonyl (C=O) groups excluding carboxylic acids is 1. The van der Waals surface area contributed by atoms with Crippen LogP contribution in [0, 0.1) is 0 Å². The lowest BCUT2D eigenvalue weighted by Crippen LogP contribution is -2.42. The molecule has 5 heteroatoms. The summed E-state index contributed by atoms with van der Waals surface area (Å²) in [6, 6.07) is 6.82. The number of carbonyl (C=O) groups is 2. The number of para-hydroxylation sites is 1. The molecular formula is C16H20N2O3. The molecule has 1 heterocycles. The van der Waals surface area contributed by atoms with Crippen LogP contribution >= 0.6 is 0 Å². The first-order valence-electron chi connectivity index (χ1n) is 7.19. The highest BCUT2D eigenvalue weighted by atomic mass is 16.4. The van der Waals surface area contributed by atoms with Crippen LogP contribution in [-0.4, -0.2) is 28.0 Å². The summed E-state index contributed by atoms with van der Waals surface area (Å²) in [7, 11) is 0. The van der Waals surface area contributed by atoms with Gasteiger partial charge in [-0.3, -0.25) is 4.79 Å². The molecule has 5 nitrogen and oxygen atoms in total. The molecule has 1 aromatic heterocycles. The lowest BCUT2D eigenvalue weighted by Gasteiger charge is -2.14. The van der Waals surface area contributed by atoms with Crippen molar-refractivity contribution in [2.75, 3.05) is 0 Å². The molecule has 0 radical (unpaired) electrons. The predicted molar refractivity (Wildman–Crippen MR) is 81.1 cm³/mol. The molecular weight excluding hydrogens is 268 g/mol. The molecule has 0 saturated carbocycles. The molecule has 3 N–H and O–H groups in total. The van der Waals surface area contributed by atoms with Crippen molar-refractivity contribution in [3.05, 3.63) is 36.0 Å². The van der Waals surface area contributed by atoms with Gasteiger partial charge in [0.05, 0.1) is 0 Å². The van der Waals surface area contributed by atoms with Crippen LogP contribution in [0.15, 0.2) is 30.5 Å². The Morgan fingerprint density at radius 2 is 2.10 bits per heavy atom. The number of benzene rings is 1. The minimum atomic E-state index is -1.01. The van der Waals surface area contributed by atoms with Gasteiger partial charge in [0.1, 0.15) is 6.04 Å². The Labute approximate surface area is 123 Å². The molecule has 0 saturated heterocycles. The number of aromatic nitrogens is 1. The Bertz CT molecular complexity index is 633. The van der Waals surface area contributed by atoms with E-state index in [1.807, 2.05) is 31.2 Å². The Hall–Kier alpha value is -2.30. The van der Waals surface area contributed by atoms with E-state index in [0.29, 0.717) is 6.42 Å². The summed E-state index contributed by atoms with van der Waals surface area (Å²) in [6.45, 7) is 1.99. The zero-order chi connectivity index (χ0) is 15.2. The van der Waals surface area contributed by atoms with E-state index in [-0.39, 0.29) is 12.3 Å². The summed E-state index contributed by atoms with van der Waals surface area (Å²) in [4.78, 5) is 26.2. The van der Waals surface area contributed by atoms with Crippen molar-refractivity contribution in [1.29, 1.82) is 0 Å². The molecule has 21 heavy (non-hydrogen) atoms. The first-order chi connectivity index (χ1) is 10.1. The van der Waals surface area contributed by atoms with Gasteiger partial charge in [0, 0.05) is 29.9 Å². The van der Waals surface area contributed by atoms with Crippen LogP contribution in [0.25, 0.3) is 10.9 Å². The lowest BCUT2D eigenvalue weighted by molar-refractivity contribution is -0.141. The van der Waals surface area contributed by atoms with Crippen LogP contribution in [0.1, 0.15) is 31.7 Å². The summed E-state index contributed by atoms with van der Waals surface area (Å²) < 4.78 is 0. The van der Waals surface area contributed by atoms with E-state index in [1.165, 1.54) is 0 Å². The number of aliphatic carboxylic acids is 1. The van der Waals surface area contributed by atoms with Crippen molar-refractivity contribution >= 4 is 22.8 Å². The number of aromatic amines is 1. The Morgan fingerprint density at radius 1 is 1.33 bits per heavy atom. The fourth-order valence-electron chi connectivity index (χ4n) is 2.32. The minimum Gasteiger partial charge on any atom is -0.480 e. The number of unbranched alkanes of at least 4 members (excludes halogenated alkanes) is 1. The topological polar surface area (TPSA) is 82.2 Å². The summed E-state index contributed by atoms with van der Waals surface area (Å²) in [5.41, 5.74) is 1.86. The zero-order valence-electron chi connectivity index (χ0n) is 12.1. The number of amides is 1. The number of rotatable bonds is 7. The van der Waals surface area contributed by atoms with Crippen LogP contribution < -0.4 is 5.32 Å². The van der Waals surface area contributed by atoms with Crippen molar-refractivity contribution in [3.8, 4) is 0 Å². The second-order valence-corrected chi connectivity index (χ2v) is 5.13. The quantitative estimate of drug-likeness (QED) is 0.732. The summed E-state index contributed by atoms with van der Waals surface area (Å²) in [5, 5.41) is 12.9. The molecule has 1 aromatic carbocycles. The molecule has 2 aromatic rings. The standard InChI is InChI=1S/C16H20N2O3/c1-2-3-8-15(19)18-14(16(20)21)9-11-10-17-13-7-5-4-6-12(11)13/h4-7,10,14,17H,2-3,8-9H2,1H3,(H,18,19)(H,20,21). The molecule has 1 amide bonds. The van der Waals surface area contributed by atoms with Crippen molar-refractivity contribution in [3.63, 3.8) is 0 Å². The fourth-order valence-corrected chi connectivity index (χ4v) is 2.32. The summed E-state index contributed by atoms with van der Waals surface area (Å²) in [5.74, 6) is -1.21. The van der Waals surface area contributed by atoms with Gasteiger partial charge in [-0.05, 0) is 18.1 Å². The van der Waals surface area contributed by atoms with Crippen molar-refractivity contribution in [2.45, 2.75) is 38.6 Å². The van der Waals surface area contributed by atoms with Gasteiger partial charge in [0.2, 0.25) is 5.91 Å². The van der Waals surface area contributed by atoms with E-state index in [4.69, 9.17) is 0 Å². The molecule has 0 aliphatic heterocycles. The molecule has 1 atom stereocenters. The number of nitrogens with one attached hydrogen (secondary N) is 2. The Balaban J connectivity index is 2.09. The minimum absolute atomic E-state index is 0.205. The monoisotopic (exact) mass is 288 g/mol. The molecule has 2 rings (SSSR count). The Morgan fingerprint density at radius 3 is 2.81 bits per heavy atom. The largest absolute Gasteiger partial charge is 0.480 e. The first-order valence-corrected chi connectivity index (χ1v) is 7.19. The van der Waals surface area contributed by atoms with Gasteiger partial charge >= 0.3 is 5.97 Å². The maximum absolute atomic E-state index is 11.7. The van der Waals surface area contributed by atoms with Gasteiger partial charge < -0.3 is 15.4 Å². The van der Waals surface area contributed by atoms with Gasteiger partial charge in [-0.2, -0.15) is 0 Å². The molecule has 0 fully saturated rings. The van der Waals surface area contributed by atoms with E-state index in [1.54, 1.807) is 6.20 Å². The number of fused-ring (bicyclic) bond motifs is 1. The van der Waals surface area contributed by atoms with Crippen LogP contribution in [0.4, 0.5) is 0 Å². The molecule has 112 valence electrons. The molecule has 0 aliphatic carbocycles. The van der Waals surface area contributed by atoms with Crippen molar-refractivity contribution in [1.82, 2.24) is 10.3 Å². The van der Waals surface area contributed by atoms with E-state index in [0.717, 1.165) is 29.3 Å². The van der Waals surface area contributed by atoms with Crippen LogP contribution in [-0.2, 0) is 16.0 Å². The van der Waals surface area contributed by atoms with E-state index in [9.17, 15) is 14.7 Å². The lowest BCUT2D eigenvalue weighted by atomic mass is 10.0. The highest BCUT2D eigenvalue weighted by Crippen LogP contribution is 2.19. The number of hydrogen-bond acceptors (Lipinski definition) is 2. The highest BCUT2D eigenvalue weighted by Gasteiger charge is 2.21. The average molecular weight is 288 g/mol. The number of H-pyrrole nitrogens is 1. The second-order valence-electron chi connectivity index (χ2n) is 5.13.